The maximum Gasteiger partial charge on any atom is 0.187 e. The van der Waals surface area contributed by atoms with Crippen molar-refractivity contribution in [2.75, 3.05) is 11.9 Å². The maximum atomic E-state index is 12.8. The van der Waals surface area contributed by atoms with Gasteiger partial charge >= 0.3 is 0 Å². The van der Waals surface area contributed by atoms with Crippen molar-refractivity contribution in [3.8, 4) is 5.75 Å². The highest BCUT2D eigenvalue weighted by Crippen LogP contribution is 2.17. The normalized spacial score (nSPS) is 10.6. The van der Waals surface area contributed by atoms with Gasteiger partial charge in [-0.3, -0.25) is 4.79 Å². The smallest absolute Gasteiger partial charge is 0.187 e. The second-order valence-corrected chi connectivity index (χ2v) is 4.31. The third-order valence-corrected chi connectivity index (χ3v) is 2.76. The van der Waals surface area contributed by atoms with E-state index in [2.05, 4.69) is 5.32 Å². The Morgan fingerprint density at radius 3 is 2.71 bits per heavy atom. The van der Waals surface area contributed by atoms with Crippen LogP contribution in [-0.4, -0.2) is 12.4 Å². The van der Waals surface area contributed by atoms with Crippen molar-refractivity contribution in [2.45, 2.75) is 6.92 Å². The molecular weight excluding hydrogens is 269 g/mol. The van der Waals surface area contributed by atoms with Gasteiger partial charge in [-0.25, -0.2) is 4.39 Å². The molecule has 1 N–H and O–H groups in total. The highest BCUT2D eigenvalue weighted by atomic mass is 19.1. The van der Waals surface area contributed by atoms with Crippen LogP contribution in [0.3, 0.4) is 0 Å². The molecule has 0 saturated heterocycles. The van der Waals surface area contributed by atoms with Crippen molar-refractivity contribution in [3.63, 3.8) is 0 Å². The number of ketones is 1. The van der Waals surface area contributed by atoms with Crippen LogP contribution in [0.2, 0.25) is 0 Å². The van der Waals surface area contributed by atoms with Crippen molar-refractivity contribution >= 4 is 11.5 Å². The van der Waals surface area contributed by atoms with Crippen molar-refractivity contribution < 1.29 is 13.9 Å². The molecule has 21 heavy (non-hydrogen) atoms. The zero-order valence-corrected chi connectivity index (χ0v) is 11.7. The minimum absolute atomic E-state index is 0.191. The number of allylic oxidation sites excluding steroid dienone is 1. The van der Waals surface area contributed by atoms with Gasteiger partial charge < -0.3 is 10.1 Å². The van der Waals surface area contributed by atoms with Gasteiger partial charge in [0.05, 0.1) is 6.61 Å². The van der Waals surface area contributed by atoms with Crippen LogP contribution in [-0.2, 0) is 0 Å². The molecule has 0 radical (unpaired) electrons. The summed E-state index contributed by atoms with van der Waals surface area (Å²) >= 11 is 0. The number of halogens is 1. The summed E-state index contributed by atoms with van der Waals surface area (Å²) in [6, 6.07) is 12.9. The van der Waals surface area contributed by atoms with E-state index < -0.39 is 0 Å². The first-order valence-corrected chi connectivity index (χ1v) is 6.65. The van der Waals surface area contributed by atoms with E-state index >= 15 is 0 Å². The Hall–Kier alpha value is -2.62. The first kappa shape index (κ1) is 14.8. The molecular formula is C17H16FNO2. The molecule has 0 amide bonds. The second kappa shape index (κ2) is 7.24. The van der Waals surface area contributed by atoms with E-state index in [0.29, 0.717) is 12.2 Å². The standard InChI is InChI=1S/C17H16FNO2/c1-2-21-16-5-3-4-15(12-16)19-11-10-17(20)13-6-8-14(18)9-7-13/h3-12,19H,2H2,1H3/b11-10+. The molecule has 0 aliphatic carbocycles. The Bertz CT molecular complexity index is 635. The van der Waals surface area contributed by atoms with Gasteiger partial charge in [-0.1, -0.05) is 6.07 Å². The molecule has 0 aliphatic rings. The minimum atomic E-state index is -0.360. The topological polar surface area (TPSA) is 38.3 Å². The first-order chi connectivity index (χ1) is 10.2. The molecule has 108 valence electrons. The predicted octanol–water partition coefficient (Wildman–Crippen LogP) is 4.03. The van der Waals surface area contributed by atoms with Crippen LogP contribution in [0.25, 0.3) is 0 Å². The number of anilines is 1. The monoisotopic (exact) mass is 285 g/mol. The third-order valence-electron chi connectivity index (χ3n) is 2.76. The fraction of sp³-hybridized carbons (Fsp3) is 0.118. The number of carbonyl (C=O) groups is 1. The summed E-state index contributed by atoms with van der Waals surface area (Å²) in [4.78, 5) is 11.8. The highest BCUT2D eigenvalue weighted by Gasteiger charge is 2.01. The van der Waals surface area contributed by atoms with Crippen LogP contribution in [0.1, 0.15) is 17.3 Å². The van der Waals surface area contributed by atoms with Crippen LogP contribution in [0.4, 0.5) is 10.1 Å². The predicted molar refractivity (Wildman–Crippen MR) is 81.1 cm³/mol. The number of hydrogen-bond acceptors (Lipinski definition) is 3. The lowest BCUT2D eigenvalue weighted by Gasteiger charge is -2.05. The summed E-state index contributed by atoms with van der Waals surface area (Å²) in [5, 5.41) is 3.00. The fourth-order valence-electron chi connectivity index (χ4n) is 1.77. The minimum Gasteiger partial charge on any atom is -0.494 e. The lowest BCUT2D eigenvalue weighted by atomic mass is 10.1. The van der Waals surface area contributed by atoms with Crippen molar-refractivity contribution in [3.05, 3.63) is 72.2 Å². The quantitative estimate of drug-likeness (QED) is 0.643. The van der Waals surface area contributed by atoms with E-state index in [9.17, 15) is 9.18 Å². The Labute approximate surface area is 123 Å². The number of rotatable bonds is 6. The van der Waals surface area contributed by atoms with Crippen molar-refractivity contribution in [1.82, 2.24) is 0 Å². The summed E-state index contributed by atoms with van der Waals surface area (Å²) in [7, 11) is 0. The van der Waals surface area contributed by atoms with E-state index in [4.69, 9.17) is 4.74 Å². The Balaban J connectivity index is 1.97. The summed E-state index contributed by atoms with van der Waals surface area (Å²) in [5.74, 6) is 0.214. The number of ether oxygens (including phenoxy) is 1. The third kappa shape index (κ3) is 4.45. The largest absolute Gasteiger partial charge is 0.494 e. The maximum absolute atomic E-state index is 12.8. The van der Waals surface area contributed by atoms with Gasteiger partial charge in [0.15, 0.2) is 5.78 Å². The molecule has 2 aromatic carbocycles. The van der Waals surface area contributed by atoms with Crippen LogP contribution >= 0.6 is 0 Å². The van der Waals surface area contributed by atoms with E-state index in [0.717, 1.165) is 11.4 Å². The summed E-state index contributed by atoms with van der Waals surface area (Å²) in [5.41, 5.74) is 1.27. The Morgan fingerprint density at radius 1 is 1.24 bits per heavy atom. The number of nitrogens with one attached hydrogen (secondary N) is 1. The average Bonchev–Trinajstić information content (AvgIpc) is 2.48. The van der Waals surface area contributed by atoms with Crippen LogP contribution < -0.4 is 10.1 Å². The van der Waals surface area contributed by atoms with Crippen molar-refractivity contribution in [2.24, 2.45) is 0 Å². The fourth-order valence-corrected chi connectivity index (χ4v) is 1.77. The SMILES string of the molecule is CCOc1cccc(N/C=C/C(=O)c2ccc(F)cc2)c1. The molecule has 0 saturated carbocycles. The molecule has 0 bridgehead atoms. The number of carbonyl (C=O) groups excluding carboxylic acids is 1. The summed E-state index contributed by atoms with van der Waals surface area (Å²) in [6.07, 6.45) is 2.96. The second-order valence-electron chi connectivity index (χ2n) is 4.31. The van der Waals surface area contributed by atoms with Gasteiger partial charge in [-0.2, -0.15) is 0 Å². The molecule has 0 fully saturated rings. The van der Waals surface area contributed by atoms with Crippen molar-refractivity contribution in [1.29, 1.82) is 0 Å². The zero-order chi connectivity index (χ0) is 15.1. The van der Waals surface area contributed by atoms with Crippen LogP contribution in [0.5, 0.6) is 5.75 Å². The lowest BCUT2D eigenvalue weighted by molar-refractivity contribution is 0.104. The molecule has 4 heteroatoms. The Morgan fingerprint density at radius 2 is 2.00 bits per heavy atom. The molecule has 2 aromatic rings. The van der Waals surface area contributed by atoms with Gasteiger partial charge in [0.2, 0.25) is 0 Å². The Kier molecular flexibility index (Phi) is 5.10. The average molecular weight is 285 g/mol. The van der Waals surface area contributed by atoms with E-state index in [1.54, 1.807) is 6.20 Å². The molecule has 0 heterocycles. The van der Waals surface area contributed by atoms with E-state index in [1.165, 1.54) is 30.3 Å². The van der Waals surface area contributed by atoms with E-state index in [1.807, 2.05) is 31.2 Å². The molecule has 0 aromatic heterocycles. The van der Waals surface area contributed by atoms with Crippen LogP contribution in [0.15, 0.2) is 60.8 Å². The van der Waals surface area contributed by atoms with Gasteiger partial charge in [0, 0.05) is 29.6 Å². The lowest BCUT2D eigenvalue weighted by Crippen LogP contribution is -1.97. The molecule has 3 nitrogen and oxygen atoms in total. The molecule has 0 spiro atoms. The molecule has 0 atom stereocenters. The number of hydrogen-bond donors (Lipinski definition) is 1. The molecule has 2 rings (SSSR count). The summed E-state index contributed by atoms with van der Waals surface area (Å²) < 4.78 is 18.2. The molecule has 0 aliphatic heterocycles. The highest BCUT2D eigenvalue weighted by molar-refractivity contribution is 6.04. The van der Waals surface area contributed by atoms with E-state index in [-0.39, 0.29) is 11.6 Å². The van der Waals surface area contributed by atoms with Crippen LogP contribution in [0, 0.1) is 5.82 Å². The molecule has 0 unspecified atom stereocenters. The van der Waals surface area contributed by atoms with Gasteiger partial charge in [0.25, 0.3) is 0 Å². The first-order valence-electron chi connectivity index (χ1n) is 6.65. The zero-order valence-electron chi connectivity index (χ0n) is 11.7. The number of benzene rings is 2. The van der Waals surface area contributed by atoms with Gasteiger partial charge in [-0.15, -0.1) is 0 Å². The summed E-state index contributed by atoms with van der Waals surface area (Å²) in [6.45, 7) is 2.52. The van der Waals surface area contributed by atoms with Gasteiger partial charge in [0.1, 0.15) is 11.6 Å². The van der Waals surface area contributed by atoms with Gasteiger partial charge in [-0.05, 0) is 43.3 Å².